The van der Waals surface area contributed by atoms with E-state index in [1.807, 2.05) is 0 Å². The molecular formula is C36H61N3O26. The first-order chi connectivity index (χ1) is 30.6. The number of amides is 3. The Hall–Kier alpha value is -2.51. The number of hydrogen-bond acceptors (Lipinski definition) is 26. The molecule has 5 fully saturated rings. The lowest BCUT2D eigenvalue weighted by atomic mass is 9.95. The quantitative estimate of drug-likeness (QED) is 0.0683. The topological polar surface area (TPSA) is 454 Å². The van der Waals surface area contributed by atoms with Crippen molar-refractivity contribution in [1.29, 1.82) is 0 Å². The van der Waals surface area contributed by atoms with Crippen molar-refractivity contribution in [3.05, 3.63) is 0 Å². The molecule has 5 aliphatic heterocycles. The normalized spacial score (nSPS) is 47.1. The van der Waals surface area contributed by atoms with Crippen molar-refractivity contribution in [1.82, 2.24) is 16.0 Å². The summed E-state index contributed by atoms with van der Waals surface area (Å²) in [6.45, 7) is -1.00. The lowest BCUT2D eigenvalue weighted by molar-refractivity contribution is -0.372. The van der Waals surface area contributed by atoms with E-state index in [0.717, 1.165) is 20.8 Å². The van der Waals surface area contributed by atoms with E-state index in [1.165, 1.54) is 0 Å². The van der Waals surface area contributed by atoms with Gasteiger partial charge in [0.1, 0.15) is 122 Å². The van der Waals surface area contributed by atoms with Crippen LogP contribution >= 0.6 is 0 Å². The molecule has 5 rings (SSSR count). The standard InChI is InChI=1S/C36H61N3O26/c1-9(43)37-17-26(52)30(14(6-42)59-32(17)56)64-35-29(55)27(53)22(48)15(62-35)8-58-36-31(65-34-19(39-11(3)45)25(51)21(47)13(5-41)61-34)28(54)23(49)16(63-36)7-57-33-18(38-10(2)44)24(50)20(46)12(4-40)60-33/h12-36,40-42,46-56H,4-8H2,1-3H3,(H,37,43)(H,38,44)(H,39,45)/t12-,13-,14-,15-,16-,17-,18-,19-,20-,21-,22-,23-,24-,25-,26-,27+,28+,29+,30-,31+,32?,33-,34+,35+,36+/m1/s1. The highest BCUT2D eigenvalue weighted by Crippen LogP contribution is 2.33. The Balaban J connectivity index is 1.40. The predicted molar refractivity (Wildman–Crippen MR) is 201 cm³/mol. The van der Waals surface area contributed by atoms with Crippen LogP contribution in [-0.4, -0.2) is 276 Å². The van der Waals surface area contributed by atoms with Gasteiger partial charge in [-0.3, -0.25) is 14.4 Å². The number of hydrogen-bond donors (Lipinski definition) is 17. The van der Waals surface area contributed by atoms with Gasteiger partial charge in [0, 0.05) is 20.8 Å². The molecule has 17 N–H and O–H groups in total. The molecule has 5 aliphatic rings. The first-order valence-electron chi connectivity index (χ1n) is 20.6. The maximum Gasteiger partial charge on any atom is 0.217 e. The van der Waals surface area contributed by atoms with Crippen LogP contribution in [0.15, 0.2) is 0 Å². The number of rotatable bonds is 16. The fourth-order valence-corrected chi connectivity index (χ4v) is 8.02. The predicted octanol–water partition coefficient (Wildman–Crippen LogP) is -11.5. The van der Waals surface area contributed by atoms with Crippen LogP contribution in [0.2, 0.25) is 0 Å². The maximum absolute atomic E-state index is 12.1. The van der Waals surface area contributed by atoms with E-state index in [2.05, 4.69) is 16.0 Å². The third kappa shape index (κ3) is 12.2. The fraction of sp³-hybridized carbons (Fsp3) is 0.917. The molecule has 1 unspecified atom stereocenters. The third-order valence-corrected chi connectivity index (χ3v) is 11.5. The summed E-state index contributed by atoms with van der Waals surface area (Å²) in [5.41, 5.74) is 0. The number of aliphatic hydroxyl groups excluding tert-OH is 14. The second-order valence-electron chi connectivity index (χ2n) is 16.2. The van der Waals surface area contributed by atoms with Crippen molar-refractivity contribution in [3.63, 3.8) is 0 Å². The summed E-state index contributed by atoms with van der Waals surface area (Å²) in [7, 11) is 0. The molecule has 0 aromatic rings. The van der Waals surface area contributed by atoms with Gasteiger partial charge >= 0.3 is 0 Å². The third-order valence-electron chi connectivity index (χ3n) is 11.5. The summed E-state index contributed by atoms with van der Waals surface area (Å²) < 4.78 is 51.4. The molecule has 5 heterocycles. The minimum atomic E-state index is -2.10. The zero-order chi connectivity index (χ0) is 48.2. The van der Waals surface area contributed by atoms with E-state index >= 15 is 0 Å². The molecule has 0 bridgehead atoms. The largest absolute Gasteiger partial charge is 0.394 e. The summed E-state index contributed by atoms with van der Waals surface area (Å²) in [5, 5.41) is 156. The molecule has 5 saturated heterocycles. The smallest absolute Gasteiger partial charge is 0.217 e. The van der Waals surface area contributed by atoms with E-state index < -0.39 is 204 Å². The van der Waals surface area contributed by atoms with Gasteiger partial charge in [-0.15, -0.1) is 0 Å². The van der Waals surface area contributed by atoms with Gasteiger partial charge in [-0.05, 0) is 0 Å². The molecule has 29 heteroatoms. The summed E-state index contributed by atoms with van der Waals surface area (Å²) in [6, 6.07) is -4.57. The highest BCUT2D eigenvalue weighted by Gasteiger charge is 2.55. The minimum absolute atomic E-state index is 0.691. The first kappa shape index (κ1) is 53.4. The Morgan fingerprint density at radius 2 is 0.800 bits per heavy atom. The molecule has 0 aliphatic carbocycles. The molecule has 3 amide bonds. The van der Waals surface area contributed by atoms with Crippen molar-refractivity contribution in [2.24, 2.45) is 0 Å². The van der Waals surface area contributed by atoms with Gasteiger partial charge in [0.05, 0.1) is 33.0 Å². The van der Waals surface area contributed by atoms with Gasteiger partial charge in [0.2, 0.25) is 17.7 Å². The van der Waals surface area contributed by atoms with Crippen LogP contribution in [0, 0.1) is 0 Å². The van der Waals surface area contributed by atoms with Crippen LogP contribution in [0.1, 0.15) is 20.8 Å². The molecule has 376 valence electrons. The second-order valence-corrected chi connectivity index (χ2v) is 16.2. The van der Waals surface area contributed by atoms with Gasteiger partial charge in [-0.25, -0.2) is 0 Å². The second kappa shape index (κ2) is 23.2. The van der Waals surface area contributed by atoms with Gasteiger partial charge in [-0.1, -0.05) is 0 Å². The molecule has 0 aromatic carbocycles. The average Bonchev–Trinajstić information content (AvgIpc) is 3.25. The summed E-state index contributed by atoms with van der Waals surface area (Å²) in [4.78, 5) is 35.9. The van der Waals surface area contributed by atoms with Crippen LogP contribution in [-0.2, 0) is 57.0 Å². The molecule has 0 aromatic heterocycles. The van der Waals surface area contributed by atoms with Crippen LogP contribution in [0.3, 0.4) is 0 Å². The van der Waals surface area contributed by atoms with Crippen LogP contribution in [0.4, 0.5) is 0 Å². The summed E-state index contributed by atoms with van der Waals surface area (Å²) in [6.07, 6.45) is -39.8. The number of ether oxygens (including phenoxy) is 9. The highest BCUT2D eigenvalue weighted by atomic mass is 16.8. The van der Waals surface area contributed by atoms with Gasteiger partial charge in [-0.2, -0.15) is 0 Å². The van der Waals surface area contributed by atoms with E-state index in [-0.39, 0.29) is 0 Å². The Labute approximate surface area is 369 Å². The molecule has 0 saturated carbocycles. The van der Waals surface area contributed by atoms with E-state index in [0.29, 0.717) is 0 Å². The van der Waals surface area contributed by atoms with E-state index in [1.54, 1.807) is 0 Å². The Morgan fingerprint density at radius 3 is 1.31 bits per heavy atom. The number of carbonyl (C=O) groups is 3. The van der Waals surface area contributed by atoms with E-state index in [4.69, 9.17) is 42.6 Å². The Bertz CT molecular complexity index is 1560. The SMILES string of the molecule is CC(=O)N[C@H]1[C@H](OC[C@H]2O[C@H](OC[C@H]3O[C@@H](O[C@H]4[C@H](O)[C@@H](NC(C)=O)C(O)O[C@@H]4CO)[C@@H](O)[C@@H](O)[C@@H]3O)[C@@H](O[C@@H]3O[C@H](CO)[C@@H](O)[C@H](O)[C@H]3NC(C)=O)[C@@H](O)[C@@H]2O)O[C@H](CO)[C@@H](O)[C@@H]1O. The summed E-state index contributed by atoms with van der Waals surface area (Å²) >= 11 is 0. The monoisotopic (exact) mass is 951 g/mol. The molecule has 0 spiro atoms. The van der Waals surface area contributed by atoms with Gasteiger partial charge < -0.3 is 130 Å². The molecule has 29 nitrogen and oxygen atoms in total. The Morgan fingerprint density at radius 1 is 0.400 bits per heavy atom. The number of nitrogens with one attached hydrogen (secondary N) is 3. The molecule has 65 heavy (non-hydrogen) atoms. The molecule has 25 atom stereocenters. The highest BCUT2D eigenvalue weighted by molar-refractivity contribution is 5.74. The zero-order valence-corrected chi connectivity index (χ0v) is 35.1. The van der Waals surface area contributed by atoms with Crippen molar-refractivity contribution in [2.45, 2.75) is 174 Å². The van der Waals surface area contributed by atoms with Crippen molar-refractivity contribution in [2.75, 3.05) is 33.0 Å². The number of aliphatic hydroxyl groups is 14. The van der Waals surface area contributed by atoms with Crippen LogP contribution < -0.4 is 16.0 Å². The molecule has 0 radical (unpaired) electrons. The van der Waals surface area contributed by atoms with E-state index in [9.17, 15) is 85.9 Å². The van der Waals surface area contributed by atoms with Crippen molar-refractivity contribution in [3.8, 4) is 0 Å². The summed E-state index contributed by atoms with van der Waals surface area (Å²) in [5.74, 6) is -2.14. The van der Waals surface area contributed by atoms with Gasteiger partial charge in [0.25, 0.3) is 0 Å². The Kier molecular flexibility index (Phi) is 19.1. The minimum Gasteiger partial charge on any atom is -0.394 e. The number of carbonyl (C=O) groups excluding carboxylic acids is 3. The fourth-order valence-electron chi connectivity index (χ4n) is 8.02. The van der Waals surface area contributed by atoms with Gasteiger partial charge in [0.15, 0.2) is 31.5 Å². The van der Waals surface area contributed by atoms with Crippen molar-refractivity contribution >= 4 is 17.7 Å². The first-order valence-corrected chi connectivity index (χ1v) is 20.6. The lowest BCUT2D eigenvalue weighted by Crippen LogP contribution is -2.68. The zero-order valence-electron chi connectivity index (χ0n) is 35.1. The van der Waals surface area contributed by atoms with Crippen molar-refractivity contribution < 1.29 is 129 Å². The lowest BCUT2D eigenvalue weighted by Gasteiger charge is -2.48. The molecular weight excluding hydrogens is 890 g/mol. The maximum atomic E-state index is 12.1. The average molecular weight is 952 g/mol. The van der Waals surface area contributed by atoms with Crippen LogP contribution in [0.5, 0.6) is 0 Å². The van der Waals surface area contributed by atoms with Crippen LogP contribution in [0.25, 0.3) is 0 Å².